The fraction of sp³-hybridized carbons (Fsp3) is 0. The van der Waals surface area contributed by atoms with Crippen LogP contribution in [0.25, 0.3) is 33.0 Å². The fourth-order valence-electron chi connectivity index (χ4n) is 2.62. The van der Waals surface area contributed by atoms with E-state index in [1.54, 1.807) is 0 Å². The van der Waals surface area contributed by atoms with Gasteiger partial charge in [-0.1, -0.05) is 24.3 Å². The van der Waals surface area contributed by atoms with Crippen molar-refractivity contribution in [2.75, 3.05) is 0 Å². The minimum Gasteiger partial charge on any atom is -0.0616 e. The van der Waals surface area contributed by atoms with E-state index in [4.69, 9.17) is 0 Å². The van der Waals surface area contributed by atoms with E-state index < -0.39 is 0 Å². The van der Waals surface area contributed by atoms with Gasteiger partial charge in [0.15, 0.2) is 0 Å². The molecule has 0 saturated carbocycles. The van der Waals surface area contributed by atoms with E-state index in [1.807, 2.05) is 0 Å². The molecule has 0 saturated heterocycles. The quantitative estimate of drug-likeness (QED) is 0.300. The maximum absolute atomic E-state index is 2.41. The topological polar surface area (TPSA) is 0 Å². The zero-order valence-corrected chi connectivity index (χ0v) is 13.7. The maximum atomic E-state index is 2.41. The third-order valence-electron chi connectivity index (χ3n) is 3.53. The van der Waals surface area contributed by atoms with Crippen LogP contribution in [0.2, 0.25) is 0 Å². The number of fused-ring (bicyclic) bond motifs is 5. The number of hydrogen-bond donors (Lipinski definition) is 0. The molecule has 0 fully saturated rings. The van der Waals surface area contributed by atoms with Gasteiger partial charge in [0.05, 0.1) is 0 Å². The van der Waals surface area contributed by atoms with Gasteiger partial charge in [0.1, 0.15) is 0 Å². The number of benzene rings is 3. The van der Waals surface area contributed by atoms with Crippen LogP contribution < -0.4 is 0 Å². The zero-order chi connectivity index (χ0) is 12.3. The molecule has 0 unspecified atom stereocenters. The van der Waals surface area contributed by atoms with E-state index in [2.05, 4.69) is 93.7 Å². The van der Waals surface area contributed by atoms with Gasteiger partial charge >= 0.3 is 0 Å². The van der Waals surface area contributed by atoms with Crippen molar-refractivity contribution in [3.8, 4) is 22.3 Å². The second-order valence-corrected chi connectivity index (χ2v) is 6.88. The highest BCUT2D eigenvalue weighted by Crippen LogP contribution is 2.49. The minimum absolute atomic E-state index is 1.33. The summed E-state index contributed by atoms with van der Waals surface area (Å²) in [4.78, 5) is 0. The van der Waals surface area contributed by atoms with Crippen molar-refractivity contribution in [1.29, 1.82) is 0 Å². The summed E-state index contributed by atoms with van der Waals surface area (Å²) in [5, 5.41) is 2.66. The van der Waals surface area contributed by atoms with E-state index in [0.717, 1.165) is 0 Å². The lowest BCUT2D eigenvalue weighted by Gasteiger charge is -2.25. The Bertz CT molecular complexity index is 736. The first-order chi connectivity index (χ1) is 8.74. The molecule has 0 bridgehead atoms. The number of rotatable bonds is 0. The lowest BCUT2D eigenvalue weighted by molar-refractivity contribution is 1.49. The third kappa shape index (κ3) is 1.48. The summed E-state index contributed by atoms with van der Waals surface area (Å²) < 4.78 is 2.68. The SMILES string of the molecule is Ic1cc2c(cc1I)-c1cc3ccccc3cc1-2. The van der Waals surface area contributed by atoms with Gasteiger partial charge in [0.2, 0.25) is 0 Å². The molecule has 18 heavy (non-hydrogen) atoms. The summed E-state index contributed by atoms with van der Waals surface area (Å²) >= 11 is 4.82. The van der Waals surface area contributed by atoms with Gasteiger partial charge in [-0.25, -0.2) is 0 Å². The Kier molecular flexibility index (Phi) is 2.45. The average Bonchev–Trinajstić information content (AvgIpc) is 2.40. The van der Waals surface area contributed by atoms with Crippen molar-refractivity contribution >= 4 is 56.0 Å². The summed E-state index contributed by atoms with van der Waals surface area (Å²) in [7, 11) is 0. The molecule has 0 N–H and O–H groups in total. The van der Waals surface area contributed by atoms with Crippen molar-refractivity contribution in [3.05, 3.63) is 55.7 Å². The smallest absolute Gasteiger partial charge is 0.0270 e. The first-order valence-corrected chi connectivity index (χ1v) is 7.92. The Labute approximate surface area is 133 Å². The van der Waals surface area contributed by atoms with Crippen LogP contribution in [-0.4, -0.2) is 0 Å². The minimum atomic E-state index is 1.33. The van der Waals surface area contributed by atoms with Crippen LogP contribution in [0.5, 0.6) is 0 Å². The van der Waals surface area contributed by atoms with Crippen molar-refractivity contribution in [2.24, 2.45) is 0 Å². The van der Waals surface area contributed by atoms with Gasteiger partial charge in [-0.3, -0.25) is 0 Å². The summed E-state index contributed by atoms with van der Waals surface area (Å²) in [6.45, 7) is 0. The van der Waals surface area contributed by atoms with Gasteiger partial charge in [0, 0.05) is 7.14 Å². The molecule has 0 atom stereocenters. The molecule has 3 aromatic carbocycles. The van der Waals surface area contributed by atoms with Crippen LogP contribution in [0, 0.1) is 7.14 Å². The highest BCUT2D eigenvalue weighted by atomic mass is 127. The molecule has 0 nitrogen and oxygen atoms in total. The van der Waals surface area contributed by atoms with E-state index in [0.29, 0.717) is 0 Å². The molecular formula is C16H8I2. The molecular weight excluding hydrogens is 446 g/mol. The van der Waals surface area contributed by atoms with Crippen LogP contribution >= 0.6 is 45.2 Å². The van der Waals surface area contributed by atoms with Crippen LogP contribution in [0.3, 0.4) is 0 Å². The first-order valence-electron chi connectivity index (χ1n) is 5.76. The highest BCUT2D eigenvalue weighted by molar-refractivity contribution is 14.1. The summed E-state index contributed by atoms with van der Waals surface area (Å²) in [6.07, 6.45) is 0. The van der Waals surface area contributed by atoms with Crippen LogP contribution in [0.15, 0.2) is 48.5 Å². The summed E-state index contributed by atoms with van der Waals surface area (Å²) in [5.41, 5.74) is 5.61. The predicted octanol–water partition coefficient (Wildman–Crippen LogP) is 5.70. The third-order valence-corrected chi connectivity index (χ3v) is 6.34. The number of halogens is 2. The second kappa shape index (κ2) is 3.93. The normalized spacial score (nSPS) is 11.9. The maximum Gasteiger partial charge on any atom is 0.0270 e. The van der Waals surface area contributed by atoms with Crippen molar-refractivity contribution in [3.63, 3.8) is 0 Å². The van der Waals surface area contributed by atoms with Gasteiger partial charge in [-0.15, -0.1) is 0 Å². The van der Waals surface area contributed by atoms with Crippen LogP contribution in [0.4, 0.5) is 0 Å². The standard InChI is InChI=1S/C16H8I2/c17-15-7-13-11-5-9-3-1-2-4-10(9)6-12(11)14(13)8-16(15)18/h1-8H. The van der Waals surface area contributed by atoms with Gasteiger partial charge in [-0.05, 0) is 102 Å². The van der Waals surface area contributed by atoms with Crippen molar-refractivity contribution in [2.45, 2.75) is 0 Å². The van der Waals surface area contributed by atoms with Crippen molar-refractivity contribution < 1.29 is 0 Å². The molecule has 1 aliphatic carbocycles. The largest absolute Gasteiger partial charge is 0.0616 e. The molecule has 0 aromatic heterocycles. The van der Waals surface area contributed by atoms with Gasteiger partial charge < -0.3 is 0 Å². The second-order valence-electron chi connectivity index (χ2n) is 4.56. The summed E-state index contributed by atoms with van der Waals surface area (Å²) in [5.74, 6) is 0. The predicted molar refractivity (Wildman–Crippen MR) is 93.8 cm³/mol. The lowest BCUT2D eigenvalue weighted by atomic mass is 9.79. The Hall–Kier alpha value is -0.620. The lowest BCUT2D eigenvalue weighted by Crippen LogP contribution is -2.00. The first kappa shape index (κ1) is 11.2. The fourth-order valence-corrected chi connectivity index (χ4v) is 3.55. The molecule has 2 heteroatoms. The Morgan fingerprint density at radius 3 is 1.39 bits per heavy atom. The molecule has 86 valence electrons. The molecule has 0 radical (unpaired) electrons. The van der Waals surface area contributed by atoms with E-state index in [9.17, 15) is 0 Å². The molecule has 0 aliphatic heterocycles. The zero-order valence-electron chi connectivity index (χ0n) is 9.37. The van der Waals surface area contributed by atoms with Crippen LogP contribution in [0.1, 0.15) is 0 Å². The van der Waals surface area contributed by atoms with Crippen LogP contribution in [-0.2, 0) is 0 Å². The Morgan fingerprint density at radius 1 is 0.556 bits per heavy atom. The monoisotopic (exact) mass is 454 g/mol. The van der Waals surface area contributed by atoms with Gasteiger partial charge in [-0.2, -0.15) is 0 Å². The molecule has 0 amide bonds. The van der Waals surface area contributed by atoms with Crippen molar-refractivity contribution in [1.82, 2.24) is 0 Å². The molecule has 0 spiro atoms. The molecule has 3 aromatic rings. The average molecular weight is 454 g/mol. The Morgan fingerprint density at radius 2 is 0.944 bits per heavy atom. The molecule has 0 heterocycles. The van der Waals surface area contributed by atoms with E-state index in [1.165, 1.54) is 40.2 Å². The Balaban J connectivity index is 2.03. The molecule has 4 rings (SSSR count). The van der Waals surface area contributed by atoms with E-state index in [-0.39, 0.29) is 0 Å². The molecule has 1 aliphatic rings. The highest BCUT2D eigenvalue weighted by Gasteiger charge is 2.23. The summed E-state index contributed by atoms with van der Waals surface area (Å²) in [6, 6.07) is 17.8. The number of hydrogen-bond acceptors (Lipinski definition) is 0. The van der Waals surface area contributed by atoms with Gasteiger partial charge in [0.25, 0.3) is 0 Å². The van der Waals surface area contributed by atoms with E-state index >= 15 is 0 Å².